The fraction of sp³-hybridized carbons (Fsp3) is 0.889. The summed E-state index contributed by atoms with van der Waals surface area (Å²) in [6, 6.07) is 0. The van der Waals surface area contributed by atoms with Crippen molar-refractivity contribution < 1.29 is 18.3 Å². The van der Waals surface area contributed by atoms with E-state index in [0.717, 1.165) is 6.26 Å². The quantitative estimate of drug-likeness (QED) is 0.664. The van der Waals surface area contributed by atoms with Gasteiger partial charge in [0.15, 0.2) is 0 Å². The molecule has 0 rings (SSSR count). The monoisotopic (exact) mass is 237 g/mol. The van der Waals surface area contributed by atoms with Crippen LogP contribution in [-0.4, -0.2) is 43.6 Å². The Morgan fingerprint density at radius 1 is 1.47 bits per heavy atom. The number of carbonyl (C=O) groups excluding carboxylic acids is 1. The van der Waals surface area contributed by atoms with Crippen LogP contribution in [0.3, 0.4) is 0 Å². The van der Waals surface area contributed by atoms with Crippen LogP contribution in [0.25, 0.3) is 0 Å². The van der Waals surface area contributed by atoms with E-state index < -0.39 is 15.4 Å². The Bertz CT molecular complexity index is 308. The fourth-order valence-electron chi connectivity index (χ4n) is 0.780. The lowest BCUT2D eigenvalue weighted by Crippen LogP contribution is -2.40. The normalized spacial score (nSPS) is 15.7. The third kappa shape index (κ3) is 8.38. The van der Waals surface area contributed by atoms with Gasteiger partial charge < -0.3 is 10.4 Å². The van der Waals surface area contributed by atoms with Crippen LogP contribution in [0, 0.1) is 0 Å². The second-order valence-corrected chi connectivity index (χ2v) is 6.27. The highest BCUT2D eigenvalue weighted by atomic mass is 32.2. The molecule has 5 nitrogen and oxygen atoms in total. The third-order valence-electron chi connectivity index (χ3n) is 2.13. The van der Waals surface area contributed by atoms with Gasteiger partial charge in [0.05, 0.1) is 11.4 Å². The summed E-state index contributed by atoms with van der Waals surface area (Å²) in [6.45, 7) is 3.57. The van der Waals surface area contributed by atoms with Gasteiger partial charge in [-0.3, -0.25) is 4.79 Å². The second kappa shape index (κ2) is 5.46. The Morgan fingerprint density at radius 3 is 2.40 bits per heavy atom. The average Bonchev–Trinajstić information content (AvgIpc) is 2.10. The first-order chi connectivity index (χ1) is 6.66. The Kier molecular flexibility index (Phi) is 5.23. The highest BCUT2D eigenvalue weighted by Gasteiger charge is 2.18. The molecule has 0 heterocycles. The summed E-state index contributed by atoms with van der Waals surface area (Å²) in [6.07, 6.45) is 1.56. The molecule has 0 aliphatic rings. The van der Waals surface area contributed by atoms with E-state index in [9.17, 15) is 18.3 Å². The molecular weight excluding hydrogens is 218 g/mol. The van der Waals surface area contributed by atoms with Gasteiger partial charge in [-0.15, -0.1) is 0 Å². The molecule has 0 fully saturated rings. The zero-order valence-electron chi connectivity index (χ0n) is 9.41. The number of nitrogens with one attached hydrogen (secondary N) is 1. The minimum atomic E-state index is -3.10. The van der Waals surface area contributed by atoms with Gasteiger partial charge in [0.1, 0.15) is 9.84 Å². The summed E-state index contributed by atoms with van der Waals surface area (Å²) in [7, 11) is -3.10. The summed E-state index contributed by atoms with van der Waals surface area (Å²) in [4.78, 5) is 11.2. The number of rotatable bonds is 6. The van der Waals surface area contributed by atoms with E-state index in [-0.39, 0.29) is 24.6 Å². The van der Waals surface area contributed by atoms with Crippen LogP contribution in [-0.2, 0) is 14.6 Å². The Labute approximate surface area is 90.8 Å². The van der Waals surface area contributed by atoms with Crippen molar-refractivity contribution in [2.45, 2.75) is 32.3 Å². The Balaban J connectivity index is 3.87. The molecule has 0 radical (unpaired) electrons. The van der Waals surface area contributed by atoms with Gasteiger partial charge in [-0.05, 0) is 13.3 Å². The van der Waals surface area contributed by atoms with Crippen LogP contribution >= 0.6 is 0 Å². The van der Waals surface area contributed by atoms with Gasteiger partial charge in [-0.25, -0.2) is 8.42 Å². The topological polar surface area (TPSA) is 83.5 Å². The molecule has 1 atom stereocenters. The molecule has 90 valence electrons. The molecule has 0 aromatic rings. The summed E-state index contributed by atoms with van der Waals surface area (Å²) >= 11 is 0. The smallest absolute Gasteiger partial charge is 0.221 e. The van der Waals surface area contributed by atoms with Crippen molar-refractivity contribution in [1.82, 2.24) is 5.32 Å². The molecule has 6 heteroatoms. The van der Waals surface area contributed by atoms with Gasteiger partial charge in [-0.2, -0.15) is 0 Å². The zero-order valence-corrected chi connectivity index (χ0v) is 10.2. The molecule has 0 saturated carbocycles. The Morgan fingerprint density at radius 2 is 2.00 bits per heavy atom. The van der Waals surface area contributed by atoms with Crippen LogP contribution in [0.5, 0.6) is 0 Å². The Hall–Kier alpha value is -0.620. The summed E-state index contributed by atoms with van der Waals surface area (Å²) in [5.74, 6) is -0.512. The predicted molar refractivity (Wildman–Crippen MR) is 58.3 cm³/mol. The molecule has 0 aromatic carbocycles. The number of hydrogen-bond donors (Lipinski definition) is 2. The standard InChI is InChI=1S/C9H19NO4S/c1-4-9(2,12)7-10-8(11)5-6-15(3,13)14/h12H,4-7H2,1-3H3,(H,10,11). The SMILES string of the molecule is CCC(C)(O)CNC(=O)CCS(C)(=O)=O. The number of sulfone groups is 1. The first-order valence-electron chi connectivity index (χ1n) is 4.83. The maximum atomic E-state index is 11.2. The molecule has 0 saturated heterocycles. The van der Waals surface area contributed by atoms with Gasteiger partial charge in [0.2, 0.25) is 5.91 Å². The van der Waals surface area contributed by atoms with Crippen LogP contribution in [0.15, 0.2) is 0 Å². The number of amides is 1. The first kappa shape index (κ1) is 14.4. The molecule has 15 heavy (non-hydrogen) atoms. The third-order valence-corrected chi connectivity index (χ3v) is 3.07. The largest absolute Gasteiger partial charge is 0.388 e. The van der Waals surface area contributed by atoms with E-state index in [1.165, 1.54) is 0 Å². The number of hydrogen-bond acceptors (Lipinski definition) is 4. The van der Waals surface area contributed by atoms with Crippen LogP contribution in [0.2, 0.25) is 0 Å². The van der Waals surface area contributed by atoms with E-state index >= 15 is 0 Å². The number of carbonyl (C=O) groups is 1. The van der Waals surface area contributed by atoms with Crippen molar-refractivity contribution in [2.24, 2.45) is 0 Å². The molecule has 1 unspecified atom stereocenters. The molecule has 0 spiro atoms. The van der Waals surface area contributed by atoms with Gasteiger partial charge >= 0.3 is 0 Å². The minimum Gasteiger partial charge on any atom is -0.388 e. The molecule has 1 amide bonds. The fourth-order valence-corrected chi connectivity index (χ4v) is 1.34. The van der Waals surface area contributed by atoms with Crippen molar-refractivity contribution in [3.05, 3.63) is 0 Å². The number of aliphatic hydroxyl groups is 1. The van der Waals surface area contributed by atoms with Gasteiger partial charge in [0.25, 0.3) is 0 Å². The lowest BCUT2D eigenvalue weighted by atomic mass is 10.0. The summed E-state index contributed by atoms with van der Waals surface area (Å²) < 4.78 is 21.5. The second-order valence-electron chi connectivity index (χ2n) is 4.01. The lowest BCUT2D eigenvalue weighted by Gasteiger charge is -2.21. The van der Waals surface area contributed by atoms with Gasteiger partial charge in [0, 0.05) is 19.2 Å². The molecule has 0 aliphatic heterocycles. The highest BCUT2D eigenvalue weighted by molar-refractivity contribution is 7.90. The van der Waals surface area contributed by atoms with Gasteiger partial charge in [-0.1, -0.05) is 6.92 Å². The first-order valence-corrected chi connectivity index (χ1v) is 6.89. The predicted octanol–water partition coefficient (Wildman–Crippen LogP) is -0.302. The zero-order chi connectivity index (χ0) is 12.1. The van der Waals surface area contributed by atoms with E-state index in [0.29, 0.717) is 6.42 Å². The minimum absolute atomic E-state index is 0.0569. The van der Waals surface area contributed by atoms with E-state index in [4.69, 9.17) is 0 Å². The van der Waals surface area contributed by atoms with Crippen LogP contribution in [0.1, 0.15) is 26.7 Å². The van der Waals surface area contributed by atoms with E-state index in [1.54, 1.807) is 6.92 Å². The maximum Gasteiger partial charge on any atom is 0.221 e. The van der Waals surface area contributed by atoms with Crippen molar-refractivity contribution in [3.8, 4) is 0 Å². The van der Waals surface area contributed by atoms with E-state index in [1.807, 2.05) is 6.92 Å². The van der Waals surface area contributed by atoms with Crippen molar-refractivity contribution >= 4 is 15.7 Å². The molecule has 0 aliphatic carbocycles. The van der Waals surface area contributed by atoms with Crippen molar-refractivity contribution in [2.75, 3.05) is 18.6 Å². The van der Waals surface area contributed by atoms with Crippen molar-refractivity contribution in [1.29, 1.82) is 0 Å². The molecule has 0 bridgehead atoms. The summed E-state index contributed by atoms with van der Waals surface area (Å²) in [5.41, 5.74) is -0.930. The molecule has 2 N–H and O–H groups in total. The van der Waals surface area contributed by atoms with E-state index in [2.05, 4.69) is 5.32 Å². The molecule has 0 aromatic heterocycles. The highest BCUT2D eigenvalue weighted by Crippen LogP contribution is 2.05. The van der Waals surface area contributed by atoms with Crippen LogP contribution in [0.4, 0.5) is 0 Å². The lowest BCUT2D eigenvalue weighted by molar-refractivity contribution is -0.121. The van der Waals surface area contributed by atoms with Crippen molar-refractivity contribution in [3.63, 3.8) is 0 Å². The molecular formula is C9H19NO4S. The maximum absolute atomic E-state index is 11.2. The average molecular weight is 237 g/mol. The summed E-state index contributed by atoms with van der Waals surface area (Å²) in [5, 5.41) is 12.1. The van der Waals surface area contributed by atoms with Crippen LogP contribution < -0.4 is 5.32 Å².